The monoisotopic (exact) mass is 430 g/mol. The van der Waals surface area contributed by atoms with E-state index in [1.54, 1.807) is 5.56 Å². The van der Waals surface area contributed by atoms with Gasteiger partial charge in [-0.25, -0.2) is 0 Å². The first-order valence-corrected chi connectivity index (χ1v) is 13.0. The van der Waals surface area contributed by atoms with Gasteiger partial charge < -0.3 is 10.3 Å². The standard InChI is InChI=1S/C28H34N2S/c1-2-3-15-31-24-10-12-28-26(19-24)25-17-20(9-11-27(25)30-28)16-23-18-22(13-14-29-23)21-7-5-4-6-8-21/h4-8,10,12-13,19-20,23,29-30H,2-3,9,11,14-18H2,1H3. The van der Waals surface area contributed by atoms with E-state index < -0.39 is 0 Å². The van der Waals surface area contributed by atoms with Gasteiger partial charge in [-0.05, 0) is 85.1 Å². The van der Waals surface area contributed by atoms with E-state index in [4.69, 9.17) is 0 Å². The fraction of sp³-hybridized carbons (Fsp3) is 0.429. The molecule has 2 aliphatic rings. The first-order chi connectivity index (χ1) is 15.3. The molecule has 1 aliphatic heterocycles. The summed E-state index contributed by atoms with van der Waals surface area (Å²) in [6.45, 7) is 3.27. The number of H-pyrrole nitrogens is 1. The summed E-state index contributed by atoms with van der Waals surface area (Å²) in [4.78, 5) is 5.16. The van der Waals surface area contributed by atoms with Crippen molar-refractivity contribution < 1.29 is 0 Å². The van der Waals surface area contributed by atoms with E-state index in [2.05, 4.69) is 71.8 Å². The number of thioether (sulfide) groups is 1. The molecule has 162 valence electrons. The Kier molecular flexibility index (Phi) is 6.52. The molecule has 0 bridgehead atoms. The topological polar surface area (TPSA) is 27.8 Å². The van der Waals surface area contributed by atoms with E-state index in [9.17, 15) is 0 Å². The first-order valence-electron chi connectivity index (χ1n) is 12.0. The number of unbranched alkanes of at least 4 members (excludes halogenated alkanes) is 1. The Morgan fingerprint density at radius 2 is 1.97 bits per heavy atom. The predicted molar refractivity (Wildman–Crippen MR) is 135 cm³/mol. The molecule has 2 N–H and O–H groups in total. The summed E-state index contributed by atoms with van der Waals surface area (Å²) in [5.74, 6) is 2.00. The van der Waals surface area contributed by atoms with Gasteiger partial charge in [0.2, 0.25) is 0 Å². The number of aromatic amines is 1. The van der Waals surface area contributed by atoms with E-state index in [1.807, 2.05) is 11.8 Å². The number of rotatable bonds is 7. The van der Waals surface area contributed by atoms with Crippen LogP contribution < -0.4 is 5.32 Å². The van der Waals surface area contributed by atoms with Crippen molar-refractivity contribution in [3.8, 4) is 0 Å². The molecular formula is C28H34N2S. The number of aryl methyl sites for hydroxylation is 1. The van der Waals surface area contributed by atoms with Crippen molar-refractivity contribution in [2.24, 2.45) is 5.92 Å². The zero-order chi connectivity index (χ0) is 21.0. The highest BCUT2D eigenvalue weighted by Gasteiger charge is 2.26. The number of hydrogen-bond donors (Lipinski definition) is 2. The van der Waals surface area contributed by atoms with E-state index >= 15 is 0 Å². The fourth-order valence-corrected chi connectivity index (χ4v) is 6.35. The SMILES string of the molecule is CCCCSc1ccc2[nH]c3c(c2c1)CC(CC1CC(c2ccccc2)=CCN1)CC3. The molecule has 5 rings (SSSR count). The quantitative estimate of drug-likeness (QED) is 0.312. The van der Waals surface area contributed by atoms with Crippen LogP contribution in [-0.2, 0) is 12.8 Å². The van der Waals surface area contributed by atoms with Crippen LogP contribution in [0.4, 0.5) is 0 Å². The number of fused-ring (bicyclic) bond motifs is 3. The maximum atomic E-state index is 3.77. The summed E-state index contributed by atoms with van der Waals surface area (Å²) >= 11 is 2.01. The molecule has 3 aromatic rings. The van der Waals surface area contributed by atoms with Crippen LogP contribution >= 0.6 is 11.8 Å². The maximum Gasteiger partial charge on any atom is 0.0459 e. The smallest absolute Gasteiger partial charge is 0.0459 e. The van der Waals surface area contributed by atoms with Gasteiger partial charge in [0.05, 0.1) is 0 Å². The molecule has 2 atom stereocenters. The molecule has 2 aromatic carbocycles. The van der Waals surface area contributed by atoms with Gasteiger partial charge in [0, 0.05) is 34.1 Å². The lowest BCUT2D eigenvalue weighted by Crippen LogP contribution is -2.35. The van der Waals surface area contributed by atoms with Gasteiger partial charge in [-0.1, -0.05) is 49.8 Å². The van der Waals surface area contributed by atoms with E-state index in [0.717, 1.165) is 18.9 Å². The van der Waals surface area contributed by atoms with Crippen molar-refractivity contribution in [2.45, 2.75) is 62.8 Å². The molecule has 0 fully saturated rings. The van der Waals surface area contributed by atoms with E-state index in [0.29, 0.717) is 6.04 Å². The first kappa shape index (κ1) is 20.9. The summed E-state index contributed by atoms with van der Waals surface area (Å²) in [7, 11) is 0. The summed E-state index contributed by atoms with van der Waals surface area (Å²) in [6.07, 6.45) is 11.1. The second-order valence-corrected chi connectivity index (χ2v) is 10.4. The molecule has 3 heteroatoms. The van der Waals surface area contributed by atoms with Gasteiger partial charge in [0.25, 0.3) is 0 Å². The summed E-state index contributed by atoms with van der Waals surface area (Å²) in [5.41, 5.74) is 7.32. The summed E-state index contributed by atoms with van der Waals surface area (Å²) in [5, 5.41) is 5.25. The lowest BCUT2D eigenvalue weighted by atomic mass is 9.80. The summed E-state index contributed by atoms with van der Waals surface area (Å²) < 4.78 is 0. The predicted octanol–water partition coefficient (Wildman–Crippen LogP) is 7.00. The molecule has 1 aromatic heterocycles. The lowest BCUT2D eigenvalue weighted by molar-refractivity contribution is 0.356. The normalized spacial score (nSPS) is 21.1. The molecule has 0 radical (unpaired) electrons. The number of hydrogen-bond acceptors (Lipinski definition) is 2. The Labute approximate surface area is 190 Å². The largest absolute Gasteiger partial charge is 0.358 e. The third-order valence-electron chi connectivity index (χ3n) is 7.01. The van der Waals surface area contributed by atoms with Crippen LogP contribution in [-0.4, -0.2) is 23.3 Å². The van der Waals surface area contributed by atoms with Crippen molar-refractivity contribution in [3.05, 3.63) is 71.4 Å². The van der Waals surface area contributed by atoms with Crippen molar-refractivity contribution in [1.29, 1.82) is 0 Å². The minimum absolute atomic E-state index is 0.595. The highest BCUT2D eigenvalue weighted by Crippen LogP contribution is 2.36. The van der Waals surface area contributed by atoms with E-state index in [1.165, 1.54) is 76.9 Å². The van der Waals surface area contributed by atoms with Gasteiger partial charge in [-0.3, -0.25) is 0 Å². The Morgan fingerprint density at radius 1 is 1.06 bits per heavy atom. The molecule has 2 unspecified atom stereocenters. The third kappa shape index (κ3) is 4.78. The average Bonchev–Trinajstić information content (AvgIpc) is 3.17. The highest BCUT2D eigenvalue weighted by molar-refractivity contribution is 7.99. The number of nitrogens with one attached hydrogen (secondary N) is 2. The van der Waals surface area contributed by atoms with Crippen LogP contribution in [0.5, 0.6) is 0 Å². The second-order valence-electron chi connectivity index (χ2n) is 9.24. The molecule has 2 heterocycles. The molecule has 2 nitrogen and oxygen atoms in total. The molecule has 0 spiro atoms. The third-order valence-corrected chi connectivity index (χ3v) is 8.09. The fourth-order valence-electron chi connectivity index (χ4n) is 5.32. The van der Waals surface area contributed by atoms with Crippen molar-refractivity contribution in [2.75, 3.05) is 12.3 Å². The Morgan fingerprint density at radius 3 is 2.84 bits per heavy atom. The Balaban J connectivity index is 1.27. The average molecular weight is 431 g/mol. The zero-order valence-corrected chi connectivity index (χ0v) is 19.4. The second kappa shape index (κ2) is 9.67. The highest BCUT2D eigenvalue weighted by atomic mass is 32.2. The van der Waals surface area contributed by atoms with Crippen LogP contribution in [0.15, 0.2) is 59.5 Å². The Hall–Kier alpha value is -1.97. The maximum absolute atomic E-state index is 3.77. The van der Waals surface area contributed by atoms with Crippen LogP contribution in [0.2, 0.25) is 0 Å². The molecular weight excluding hydrogens is 396 g/mol. The van der Waals surface area contributed by atoms with Gasteiger partial charge in [0.15, 0.2) is 0 Å². The van der Waals surface area contributed by atoms with Gasteiger partial charge >= 0.3 is 0 Å². The number of benzene rings is 2. The van der Waals surface area contributed by atoms with E-state index in [-0.39, 0.29) is 0 Å². The zero-order valence-electron chi connectivity index (χ0n) is 18.6. The van der Waals surface area contributed by atoms with Gasteiger partial charge in [0.1, 0.15) is 0 Å². The molecule has 0 saturated carbocycles. The van der Waals surface area contributed by atoms with Crippen molar-refractivity contribution >= 4 is 28.2 Å². The van der Waals surface area contributed by atoms with Crippen molar-refractivity contribution in [1.82, 2.24) is 10.3 Å². The Bertz CT molecular complexity index is 1050. The lowest BCUT2D eigenvalue weighted by Gasteiger charge is -2.30. The van der Waals surface area contributed by atoms with Crippen LogP contribution in [0.1, 0.15) is 55.8 Å². The minimum Gasteiger partial charge on any atom is -0.358 e. The van der Waals surface area contributed by atoms with Crippen LogP contribution in [0, 0.1) is 5.92 Å². The molecule has 0 amide bonds. The summed E-state index contributed by atoms with van der Waals surface area (Å²) in [6, 6.07) is 18.6. The van der Waals surface area contributed by atoms with Crippen molar-refractivity contribution in [3.63, 3.8) is 0 Å². The molecule has 31 heavy (non-hydrogen) atoms. The van der Waals surface area contributed by atoms with Gasteiger partial charge in [-0.15, -0.1) is 11.8 Å². The van der Waals surface area contributed by atoms with Gasteiger partial charge in [-0.2, -0.15) is 0 Å². The molecule has 1 aliphatic carbocycles. The van der Waals surface area contributed by atoms with Crippen LogP contribution in [0.3, 0.4) is 0 Å². The number of aromatic nitrogens is 1. The van der Waals surface area contributed by atoms with Crippen LogP contribution in [0.25, 0.3) is 16.5 Å². The molecule has 0 saturated heterocycles. The minimum atomic E-state index is 0.595.